The maximum absolute atomic E-state index is 13.3. The van der Waals surface area contributed by atoms with Crippen molar-refractivity contribution in [3.8, 4) is 17.6 Å². The first-order chi connectivity index (χ1) is 16.0. The van der Waals surface area contributed by atoms with E-state index in [2.05, 4.69) is 6.07 Å². The van der Waals surface area contributed by atoms with Crippen LogP contribution in [0.3, 0.4) is 0 Å². The van der Waals surface area contributed by atoms with Crippen molar-refractivity contribution in [1.29, 1.82) is 5.26 Å². The fraction of sp³-hybridized carbons (Fsp3) is 0.259. The number of benzene rings is 3. The minimum atomic E-state index is -0.840. The second-order valence-corrected chi connectivity index (χ2v) is 8.53. The largest absolute Gasteiger partial charge is 0.492 e. The van der Waals surface area contributed by atoms with E-state index in [4.69, 9.17) is 14.6 Å². The molecular formula is C27H22FNO4. The average Bonchev–Trinajstić information content (AvgIpc) is 3.39. The highest BCUT2D eigenvalue weighted by Gasteiger charge is 2.30. The summed E-state index contributed by atoms with van der Waals surface area (Å²) in [6.07, 6.45) is 2.06. The van der Waals surface area contributed by atoms with Crippen molar-refractivity contribution in [3.63, 3.8) is 0 Å². The normalized spacial score (nSPS) is 18.2. The van der Waals surface area contributed by atoms with Gasteiger partial charge in [-0.2, -0.15) is 5.26 Å². The molecule has 1 aliphatic carbocycles. The van der Waals surface area contributed by atoms with Gasteiger partial charge in [-0.05, 0) is 65.8 Å². The lowest BCUT2D eigenvalue weighted by atomic mass is 9.92. The van der Waals surface area contributed by atoms with Crippen LogP contribution in [0.5, 0.6) is 11.5 Å². The first-order valence-electron chi connectivity index (χ1n) is 11.0. The first kappa shape index (κ1) is 21.0. The maximum Gasteiger partial charge on any atom is 0.304 e. The highest BCUT2D eigenvalue weighted by Crippen LogP contribution is 2.42. The fourth-order valence-electron chi connectivity index (χ4n) is 4.85. The van der Waals surface area contributed by atoms with E-state index in [1.54, 1.807) is 12.1 Å². The van der Waals surface area contributed by atoms with Crippen molar-refractivity contribution in [3.05, 3.63) is 93.8 Å². The zero-order chi connectivity index (χ0) is 22.9. The van der Waals surface area contributed by atoms with E-state index in [1.807, 2.05) is 30.3 Å². The van der Waals surface area contributed by atoms with Crippen LogP contribution in [-0.4, -0.2) is 17.7 Å². The van der Waals surface area contributed by atoms with Gasteiger partial charge in [0.1, 0.15) is 23.4 Å². The molecule has 3 aromatic rings. The summed E-state index contributed by atoms with van der Waals surface area (Å²) in [7, 11) is 0. The molecule has 0 aromatic heterocycles. The van der Waals surface area contributed by atoms with Crippen LogP contribution in [0.2, 0.25) is 0 Å². The van der Waals surface area contributed by atoms with E-state index in [0.717, 1.165) is 40.7 Å². The standard InChI is InChI=1S/C27H22FNO4/c28-19-4-1-16(2-5-19)11-24-17(14-29)3-7-23-22(24)9-10-25(23)33-20-6-8-21-18(12-27(30)31)15-32-26(21)13-20/h1-8,13,18,25H,9-12,15H2,(H,30,31)/t18?,25-/m1/s1. The van der Waals surface area contributed by atoms with Gasteiger partial charge in [0.2, 0.25) is 0 Å². The summed E-state index contributed by atoms with van der Waals surface area (Å²) in [6.45, 7) is 0.362. The van der Waals surface area contributed by atoms with Crippen LogP contribution in [0.4, 0.5) is 4.39 Å². The number of nitrogens with zero attached hydrogens (tertiary/aromatic N) is 1. The lowest BCUT2D eigenvalue weighted by Gasteiger charge is -2.17. The van der Waals surface area contributed by atoms with Crippen LogP contribution in [-0.2, 0) is 17.6 Å². The summed E-state index contributed by atoms with van der Waals surface area (Å²) in [6, 6.07) is 18.1. The van der Waals surface area contributed by atoms with Gasteiger partial charge in [-0.1, -0.05) is 24.3 Å². The summed E-state index contributed by atoms with van der Waals surface area (Å²) in [5.74, 6) is 0.0872. The highest BCUT2D eigenvalue weighted by atomic mass is 19.1. The Morgan fingerprint density at radius 1 is 1.15 bits per heavy atom. The third-order valence-corrected chi connectivity index (χ3v) is 6.45. The Labute approximate surface area is 191 Å². The molecule has 5 rings (SSSR count). The highest BCUT2D eigenvalue weighted by molar-refractivity contribution is 5.68. The molecule has 3 aromatic carbocycles. The lowest BCUT2D eigenvalue weighted by molar-refractivity contribution is -0.137. The van der Waals surface area contributed by atoms with E-state index in [1.165, 1.54) is 12.1 Å². The number of hydrogen-bond donors (Lipinski definition) is 1. The van der Waals surface area contributed by atoms with Crippen molar-refractivity contribution in [1.82, 2.24) is 0 Å². The second kappa shape index (κ2) is 8.59. The quantitative estimate of drug-likeness (QED) is 0.559. The lowest BCUT2D eigenvalue weighted by Crippen LogP contribution is -2.07. The molecule has 33 heavy (non-hydrogen) atoms. The molecule has 0 spiro atoms. The van der Waals surface area contributed by atoms with Gasteiger partial charge in [0, 0.05) is 17.5 Å². The Kier molecular flexibility index (Phi) is 5.47. The molecule has 0 saturated carbocycles. The van der Waals surface area contributed by atoms with E-state index in [9.17, 15) is 14.4 Å². The summed E-state index contributed by atoms with van der Waals surface area (Å²) in [4.78, 5) is 11.1. The predicted octanol–water partition coefficient (Wildman–Crippen LogP) is 5.31. The number of carbonyl (C=O) groups is 1. The molecule has 1 N–H and O–H groups in total. The zero-order valence-corrected chi connectivity index (χ0v) is 17.9. The van der Waals surface area contributed by atoms with Crippen molar-refractivity contribution in [2.75, 3.05) is 6.61 Å². The van der Waals surface area contributed by atoms with Crippen LogP contribution in [0.25, 0.3) is 0 Å². The fourth-order valence-corrected chi connectivity index (χ4v) is 4.85. The Morgan fingerprint density at radius 3 is 2.70 bits per heavy atom. The van der Waals surface area contributed by atoms with Gasteiger partial charge in [0.15, 0.2) is 0 Å². The van der Waals surface area contributed by atoms with Gasteiger partial charge in [0.05, 0.1) is 24.7 Å². The predicted molar refractivity (Wildman–Crippen MR) is 119 cm³/mol. The summed E-state index contributed by atoms with van der Waals surface area (Å²) < 4.78 is 25.3. The van der Waals surface area contributed by atoms with Crippen LogP contribution < -0.4 is 9.47 Å². The first-order valence-corrected chi connectivity index (χ1v) is 11.0. The van der Waals surface area contributed by atoms with Crippen LogP contribution in [0.15, 0.2) is 54.6 Å². The van der Waals surface area contributed by atoms with Gasteiger partial charge in [-0.15, -0.1) is 0 Å². The molecule has 5 nitrogen and oxygen atoms in total. The van der Waals surface area contributed by atoms with Crippen molar-refractivity contribution < 1.29 is 23.8 Å². The van der Waals surface area contributed by atoms with E-state index in [-0.39, 0.29) is 24.3 Å². The summed E-state index contributed by atoms with van der Waals surface area (Å²) >= 11 is 0. The summed E-state index contributed by atoms with van der Waals surface area (Å²) in [5.41, 5.74) is 5.66. The SMILES string of the molecule is N#Cc1ccc2c(c1Cc1ccc(F)cc1)CC[C@H]2Oc1ccc2c(c1)OCC2CC(=O)O. The average molecular weight is 443 g/mol. The number of rotatable bonds is 6. The minimum absolute atomic E-state index is 0.0429. The van der Waals surface area contributed by atoms with E-state index < -0.39 is 5.97 Å². The van der Waals surface area contributed by atoms with Gasteiger partial charge in [-0.25, -0.2) is 4.39 Å². The number of halogens is 1. The summed E-state index contributed by atoms with van der Waals surface area (Å²) in [5, 5.41) is 18.7. The second-order valence-electron chi connectivity index (χ2n) is 8.53. The zero-order valence-electron chi connectivity index (χ0n) is 17.9. The number of aliphatic carboxylic acids is 1. The Morgan fingerprint density at radius 2 is 1.94 bits per heavy atom. The van der Waals surface area contributed by atoms with Gasteiger partial charge >= 0.3 is 5.97 Å². The van der Waals surface area contributed by atoms with Crippen molar-refractivity contribution >= 4 is 5.97 Å². The Hall–Kier alpha value is -3.85. The smallest absolute Gasteiger partial charge is 0.304 e. The molecular weight excluding hydrogens is 421 g/mol. The molecule has 0 fully saturated rings. The molecule has 1 aliphatic heterocycles. The van der Waals surface area contributed by atoms with Crippen LogP contribution in [0.1, 0.15) is 58.2 Å². The molecule has 0 saturated heterocycles. The maximum atomic E-state index is 13.3. The van der Waals surface area contributed by atoms with Gasteiger partial charge < -0.3 is 14.6 Å². The van der Waals surface area contributed by atoms with E-state index in [0.29, 0.717) is 30.1 Å². The molecule has 2 aliphatic rings. The number of ether oxygens (including phenoxy) is 2. The molecule has 166 valence electrons. The molecule has 0 radical (unpaired) electrons. The molecule has 1 unspecified atom stereocenters. The Balaban J connectivity index is 1.39. The monoisotopic (exact) mass is 443 g/mol. The number of carboxylic acid groups (broad SMARTS) is 1. The number of carboxylic acids is 1. The molecule has 1 heterocycles. The van der Waals surface area contributed by atoms with Crippen molar-refractivity contribution in [2.45, 2.75) is 37.7 Å². The topological polar surface area (TPSA) is 79.5 Å². The minimum Gasteiger partial charge on any atom is -0.492 e. The van der Waals surface area contributed by atoms with Gasteiger partial charge in [0.25, 0.3) is 0 Å². The molecule has 2 atom stereocenters. The van der Waals surface area contributed by atoms with Crippen LogP contribution in [0, 0.1) is 17.1 Å². The molecule has 6 heteroatoms. The van der Waals surface area contributed by atoms with Crippen molar-refractivity contribution in [2.24, 2.45) is 0 Å². The number of fused-ring (bicyclic) bond motifs is 2. The van der Waals surface area contributed by atoms with Gasteiger partial charge in [-0.3, -0.25) is 4.79 Å². The number of hydrogen-bond acceptors (Lipinski definition) is 4. The third kappa shape index (κ3) is 4.14. The van der Waals surface area contributed by atoms with E-state index >= 15 is 0 Å². The molecule has 0 amide bonds. The third-order valence-electron chi connectivity index (χ3n) is 6.45. The number of nitriles is 1. The van der Waals surface area contributed by atoms with Crippen LogP contribution >= 0.6 is 0 Å². The Bertz CT molecular complexity index is 1260. The molecule has 0 bridgehead atoms.